The first-order valence-corrected chi connectivity index (χ1v) is 4.62. The molecule has 11 heavy (non-hydrogen) atoms. The monoisotopic (exact) mass is 153 g/mol. The van der Waals surface area contributed by atoms with Crippen LogP contribution in [0, 0.1) is 18.8 Å². The Labute approximate surface area is 71.7 Å². The topological polar surface area (TPSA) is 0 Å². The standard InChI is InChI=1S/C11H21/c1-10(2)8-6-5-7-9-11(3)4/h7,9-11H,1,5-6,8H2,2-4H3. The van der Waals surface area contributed by atoms with Crippen LogP contribution < -0.4 is 0 Å². The second kappa shape index (κ2) is 6.45. The average molecular weight is 153 g/mol. The van der Waals surface area contributed by atoms with E-state index >= 15 is 0 Å². The first-order valence-electron chi connectivity index (χ1n) is 4.62. The maximum atomic E-state index is 3.95. The molecule has 1 unspecified atom stereocenters. The van der Waals surface area contributed by atoms with Gasteiger partial charge in [-0.25, -0.2) is 0 Å². The van der Waals surface area contributed by atoms with Gasteiger partial charge in [0.05, 0.1) is 0 Å². The molecule has 0 aromatic rings. The van der Waals surface area contributed by atoms with E-state index in [2.05, 4.69) is 39.8 Å². The molecular weight excluding hydrogens is 132 g/mol. The van der Waals surface area contributed by atoms with Crippen molar-refractivity contribution in [3.05, 3.63) is 19.1 Å². The zero-order valence-corrected chi connectivity index (χ0v) is 8.14. The molecule has 0 N–H and O–H groups in total. The molecule has 0 bridgehead atoms. The molecule has 1 atom stereocenters. The Morgan fingerprint density at radius 3 is 2.36 bits per heavy atom. The molecular formula is C11H21. The van der Waals surface area contributed by atoms with E-state index in [9.17, 15) is 0 Å². The van der Waals surface area contributed by atoms with Crippen LogP contribution in [-0.2, 0) is 0 Å². The summed E-state index contributed by atoms with van der Waals surface area (Å²) >= 11 is 0. The molecule has 0 aliphatic carbocycles. The van der Waals surface area contributed by atoms with Crippen molar-refractivity contribution in [2.24, 2.45) is 11.8 Å². The van der Waals surface area contributed by atoms with Crippen molar-refractivity contribution in [1.82, 2.24) is 0 Å². The summed E-state index contributed by atoms with van der Waals surface area (Å²) in [6.45, 7) is 10.5. The molecule has 0 nitrogen and oxygen atoms in total. The first kappa shape index (κ1) is 10.7. The van der Waals surface area contributed by atoms with E-state index in [0.29, 0.717) is 11.8 Å². The maximum absolute atomic E-state index is 3.95. The molecule has 0 aromatic heterocycles. The summed E-state index contributed by atoms with van der Waals surface area (Å²) < 4.78 is 0. The summed E-state index contributed by atoms with van der Waals surface area (Å²) in [5, 5.41) is 0. The summed E-state index contributed by atoms with van der Waals surface area (Å²) in [5.41, 5.74) is 0. The third-order valence-electron chi connectivity index (χ3n) is 1.59. The fourth-order valence-corrected chi connectivity index (χ4v) is 0.953. The fraction of sp³-hybridized carbons (Fsp3) is 0.727. The van der Waals surface area contributed by atoms with Gasteiger partial charge < -0.3 is 0 Å². The van der Waals surface area contributed by atoms with Crippen LogP contribution in [0.25, 0.3) is 0 Å². The second-order valence-electron chi connectivity index (χ2n) is 3.71. The molecule has 0 saturated carbocycles. The highest BCUT2D eigenvalue weighted by molar-refractivity contribution is 4.84. The van der Waals surface area contributed by atoms with Gasteiger partial charge in [0, 0.05) is 0 Å². The number of rotatable bonds is 5. The molecule has 0 saturated heterocycles. The fourth-order valence-electron chi connectivity index (χ4n) is 0.953. The van der Waals surface area contributed by atoms with Crippen molar-refractivity contribution in [2.45, 2.75) is 40.0 Å². The summed E-state index contributed by atoms with van der Waals surface area (Å²) in [6, 6.07) is 0. The third kappa shape index (κ3) is 9.74. The van der Waals surface area contributed by atoms with Gasteiger partial charge in [0.2, 0.25) is 0 Å². The molecule has 0 aliphatic heterocycles. The highest BCUT2D eigenvalue weighted by atomic mass is 14.0. The van der Waals surface area contributed by atoms with Crippen LogP contribution in [0.4, 0.5) is 0 Å². The van der Waals surface area contributed by atoms with Gasteiger partial charge in [0.15, 0.2) is 0 Å². The molecule has 1 radical (unpaired) electrons. The van der Waals surface area contributed by atoms with Gasteiger partial charge >= 0.3 is 0 Å². The van der Waals surface area contributed by atoms with E-state index in [1.807, 2.05) is 0 Å². The van der Waals surface area contributed by atoms with Crippen LogP contribution in [0.1, 0.15) is 40.0 Å². The Bertz CT molecular complexity index is 98.6. The van der Waals surface area contributed by atoms with Gasteiger partial charge in [-0.15, -0.1) is 0 Å². The maximum Gasteiger partial charge on any atom is -0.0290 e. The Morgan fingerprint density at radius 1 is 1.27 bits per heavy atom. The van der Waals surface area contributed by atoms with E-state index in [-0.39, 0.29) is 0 Å². The highest BCUT2D eigenvalue weighted by Crippen LogP contribution is 2.06. The van der Waals surface area contributed by atoms with E-state index < -0.39 is 0 Å². The van der Waals surface area contributed by atoms with Crippen LogP contribution in [0.15, 0.2) is 12.2 Å². The Hall–Kier alpha value is -0.260. The van der Waals surface area contributed by atoms with Gasteiger partial charge in [-0.05, 0) is 24.7 Å². The molecule has 0 spiro atoms. The van der Waals surface area contributed by atoms with Crippen LogP contribution in [0.3, 0.4) is 0 Å². The first-order chi connectivity index (χ1) is 5.13. The van der Waals surface area contributed by atoms with Crippen molar-refractivity contribution in [1.29, 1.82) is 0 Å². The van der Waals surface area contributed by atoms with E-state index in [1.165, 1.54) is 19.3 Å². The minimum atomic E-state index is 0.613. The van der Waals surface area contributed by atoms with E-state index in [1.54, 1.807) is 0 Å². The molecule has 0 rings (SSSR count). The van der Waals surface area contributed by atoms with Crippen LogP contribution in [-0.4, -0.2) is 0 Å². The van der Waals surface area contributed by atoms with Gasteiger partial charge in [0.1, 0.15) is 0 Å². The Kier molecular flexibility index (Phi) is 6.30. The van der Waals surface area contributed by atoms with Crippen molar-refractivity contribution in [3.8, 4) is 0 Å². The van der Waals surface area contributed by atoms with Gasteiger partial charge in [-0.1, -0.05) is 46.3 Å². The summed E-state index contributed by atoms with van der Waals surface area (Å²) in [5.74, 6) is 1.31. The van der Waals surface area contributed by atoms with Gasteiger partial charge in [-0.3, -0.25) is 0 Å². The van der Waals surface area contributed by atoms with Crippen molar-refractivity contribution >= 4 is 0 Å². The molecule has 0 aromatic carbocycles. The SMILES string of the molecule is [CH2]C(C)CCCC=CC(C)C. The normalized spacial score (nSPS) is 12.2. The molecule has 0 fully saturated rings. The summed E-state index contributed by atoms with van der Waals surface area (Å²) in [7, 11) is 0. The average Bonchev–Trinajstić information content (AvgIpc) is 1.85. The van der Waals surface area contributed by atoms with E-state index in [0.717, 1.165) is 0 Å². The largest absolute Gasteiger partial charge is 0.0883 e. The highest BCUT2D eigenvalue weighted by Gasteiger charge is 1.91. The third-order valence-corrected chi connectivity index (χ3v) is 1.59. The van der Waals surface area contributed by atoms with Crippen molar-refractivity contribution < 1.29 is 0 Å². The van der Waals surface area contributed by atoms with Crippen molar-refractivity contribution in [3.63, 3.8) is 0 Å². The number of unbranched alkanes of at least 4 members (excludes halogenated alkanes) is 1. The lowest BCUT2D eigenvalue weighted by molar-refractivity contribution is 0.607. The minimum Gasteiger partial charge on any atom is -0.0883 e. The lowest BCUT2D eigenvalue weighted by Crippen LogP contribution is -1.86. The second-order valence-corrected chi connectivity index (χ2v) is 3.71. The predicted octanol–water partition coefficient (Wildman–Crippen LogP) is 3.84. The zero-order valence-electron chi connectivity index (χ0n) is 8.14. The van der Waals surface area contributed by atoms with Crippen LogP contribution >= 0.6 is 0 Å². The molecule has 0 heterocycles. The van der Waals surface area contributed by atoms with Gasteiger partial charge in [0.25, 0.3) is 0 Å². The Balaban J connectivity index is 3.14. The van der Waals surface area contributed by atoms with Crippen LogP contribution in [0.5, 0.6) is 0 Å². The predicted molar refractivity (Wildman–Crippen MR) is 52.4 cm³/mol. The molecule has 65 valence electrons. The van der Waals surface area contributed by atoms with Gasteiger partial charge in [-0.2, -0.15) is 0 Å². The molecule has 0 aliphatic rings. The molecule has 0 amide bonds. The summed E-state index contributed by atoms with van der Waals surface area (Å²) in [6.07, 6.45) is 8.31. The number of hydrogen-bond acceptors (Lipinski definition) is 0. The van der Waals surface area contributed by atoms with E-state index in [4.69, 9.17) is 0 Å². The zero-order chi connectivity index (χ0) is 8.69. The smallest absolute Gasteiger partial charge is 0.0290 e. The van der Waals surface area contributed by atoms with Crippen molar-refractivity contribution in [2.75, 3.05) is 0 Å². The quantitative estimate of drug-likeness (QED) is 0.416. The Morgan fingerprint density at radius 2 is 1.91 bits per heavy atom. The number of allylic oxidation sites excluding steroid dienone is 2. The lowest BCUT2D eigenvalue weighted by atomic mass is 10.1. The van der Waals surface area contributed by atoms with Crippen LogP contribution in [0.2, 0.25) is 0 Å². The lowest BCUT2D eigenvalue weighted by Gasteiger charge is -2.00. The molecule has 0 heteroatoms. The minimum absolute atomic E-state index is 0.613. The summed E-state index contributed by atoms with van der Waals surface area (Å²) in [4.78, 5) is 0. The number of hydrogen-bond donors (Lipinski definition) is 0.